The summed E-state index contributed by atoms with van der Waals surface area (Å²) in [6, 6.07) is 3.05. The lowest BCUT2D eigenvalue weighted by atomic mass is 10.1. The van der Waals surface area contributed by atoms with Crippen LogP contribution >= 0.6 is 0 Å². The van der Waals surface area contributed by atoms with Crippen molar-refractivity contribution in [2.45, 2.75) is 31.6 Å². The SMILES string of the molecule is Cc1cc(S(=O)(=O)NCCNC(=O)C2CC2)cc(N)c1C. The molecule has 0 saturated heterocycles. The molecule has 7 heteroatoms. The van der Waals surface area contributed by atoms with Crippen LogP contribution < -0.4 is 15.8 Å². The number of nitrogen functional groups attached to an aromatic ring is 1. The number of nitrogens with one attached hydrogen (secondary N) is 2. The molecule has 4 N–H and O–H groups in total. The molecule has 0 heterocycles. The van der Waals surface area contributed by atoms with E-state index in [0.29, 0.717) is 5.69 Å². The molecule has 1 amide bonds. The minimum Gasteiger partial charge on any atom is -0.398 e. The summed E-state index contributed by atoms with van der Waals surface area (Å²) < 4.78 is 26.8. The molecule has 0 aromatic heterocycles. The van der Waals surface area contributed by atoms with Gasteiger partial charge in [-0.05, 0) is 49.9 Å². The number of anilines is 1. The summed E-state index contributed by atoms with van der Waals surface area (Å²) in [6.45, 7) is 4.12. The minimum absolute atomic E-state index is 0.00428. The quantitative estimate of drug-likeness (QED) is 0.531. The van der Waals surface area contributed by atoms with E-state index in [0.717, 1.165) is 24.0 Å². The van der Waals surface area contributed by atoms with Crippen LogP contribution in [-0.4, -0.2) is 27.4 Å². The second-order valence-electron chi connectivity index (χ2n) is 5.42. The summed E-state index contributed by atoms with van der Waals surface area (Å²) in [6.07, 6.45) is 1.86. The third-order valence-corrected chi connectivity index (χ3v) is 5.10. The fourth-order valence-electron chi connectivity index (χ4n) is 1.95. The Hall–Kier alpha value is -1.60. The van der Waals surface area contributed by atoms with Gasteiger partial charge in [0.05, 0.1) is 4.90 Å². The second kappa shape index (κ2) is 6.03. The van der Waals surface area contributed by atoms with Gasteiger partial charge < -0.3 is 11.1 Å². The van der Waals surface area contributed by atoms with Crippen molar-refractivity contribution in [3.05, 3.63) is 23.3 Å². The molecule has 2 rings (SSSR count). The van der Waals surface area contributed by atoms with E-state index in [9.17, 15) is 13.2 Å². The Balaban J connectivity index is 1.93. The summed E-state index contributed by atoms with van der Waals surface area (Å²) in [5, 5.41) is 2.71. The number of carbonyl (C=O) groups is 1. The van der Waals surface area contributed by atoms with Crippen molar-refractivity contribution in [1.29, 1.82) is 0 Å². The molecule has 0 radical (unpaired) electrons. The first-order valence-electron chi connectivity index (χ1n) is 6.95. The zero-order valence-electron chi connectivity index (χ0n) is 12.3. The van der Waals surface area contributed by atoms with E-state index in [-0.39, 0.29) is 29.8 Å². The number of aryl methyl sites for hydroxylation is 1. The number of rotatable bonds is 6. The Morgan fingerprint density at radius 3 is 2.52 bits per heavy atom. The van der Waals surface area contributed by atoms with Gasteiger partial charge >= 0.3 is 0 Å². The fraction of sp³-hybridized carbons (Fsp3) is 0.500. The zero-order valence-corrected chi connectivity index (χ0v) is 13.1. The predicted molar refractivity (Wildman–Crippen MR) is 81.3 cm³/mol. The van der Waals surface area contributed by atoms with Gasteiger partial charge in [-0.2, -0.15) is 0 Å². The van der Waals surface area contributed by atoms with Gasteiger partial charge in [0, 0.05) is 24.7 Å². The molecule has 6 nitrogen and oxygen atoms in total. The molecule has 21 heavy (non-hydrogen) atoms. The highest BCUT2D eigenvalue weighted by Crippen LogP contribution is 2.28. The van der Waals surface area contributed by atoms with Crippen LogP contribution in [0.3, 0.4) is 0 Å². The lowest BCUT2D eigenvalue weighted by Gasteiger charge is -2.11. The van der Waals surface area contributed by atoms with Crippen molar-refractivity contribution in [1.82, 2.24) is 10.0 Å². The first kappa shape index (κ1) is 15.8. The van der Waals surface area contributed by atoms with Gasteiger partial charge in [-0.3, -0.25) is 4.79 Å². The fourth-order valence-corrected chi connectivity index (χ4v) is 3.10. The number of sulfonamides is 1. The highest BCUT2D eigenvalue weighted by atomic mass is 32.2. The van der Waals surface area contributed by atoms with Crippen molar-refractivity contribution >= 4 is 21.6 Å². The molecular formula is C14H21N3O3S. The van der Waals surface area contributed by atoms with Crippen molar-refractivity contribution in [2.24, 2.45) is 5.92 Å². The lowest BCUT2D eigenvalue weighted by Crippen LogP contribution is -2.35. The van der Waals surface area contributed by atoms with Gasteiger partial charge in [0.25, 0.3) is 0 Å². The van der Waals surface area contributed by atoms with Crippen LogP contribution in [0, 0.1) is 19.8 Å². The summed E-state index contributed by atoms with van der Waals surface area (Å²) in [5.41, 5.74) is 7.97. The van der Waals surface area contributed by atoms with Crippen molar-refractivity contribution in [3.8, 4) is 0 Å². The van der Waals surface area contributed by atoms with Gasteiger partial charge in [-0.15, -0.1) is 0 Å². The van der Waals surface area contributed by atoms with Gasteiger partial charge in [0.15, 0.2) is 0 Å². The van der Waals surface area contributed by atoms with Crippen molar-refractivity contribution in [2.75, 3.05) is 18.8 Å². The first-order chi connectivity index (χ1) is 9.81. The van der Waals surface area contributed by atoms with Gasteiger partial charge in [0.2, 0.25) is 15.9 Å². The Morgan fingerprint density at radius 2 is 1.95 bits per heavy atom. The van der Waals surface area contributed by atoms with E-state index in [2.05, 4.69) is 10.0 Å². The lowest BCUT2D eigenvalue weighted by molar-refractivity contribution is -0.122. The number of amides is 1. The highest BCUT2D eigenvalue weighted by molar-refractivity contribution is 7.89. The van der Waals surface area contributed by atoms with Crippen molar-refractivity contribution < 1.29 is 13.2 Å². The average Bonchev–Trinajstić information content (AvgIpc) is 3.24. The number of benzene rings is 1. The molecule has 1 aromatic rings. The molecule has 1 aliphatic rings. The van der Waals surface area contributed by atoms with Crippen LogP contribution in [0.4, 0.5) is 5.69 Å². The van der Waals surface area contributed by atoms with E-state index < -0.39 is 10.0 Å². The van der Waals surface area contributed by atoms with E-state index in [4.69, 9.17) is 5.73 Å². The van der Waals surface area contributed by atoms with Crippen LogP contribution in [-0.2, 0) is 14.8 Å². The summed E-state index contributed by atoms with van der Waals surface area (Å²) in [4.78, 5) is 11.6. The Morgan fingerprint density at radius 1 is 1.29 bits per heavy atom. The second-order valence-corrected chi connectivity index (χ2v) is 7.18. The predicted octanol–water partition coefficient (Wildman–Crippen LogP) is 0.690. The number of nitrogens with two attached hydrogens (primary N) is 1. The Bertz CT molecular complexity index is 628. The van der Waals surface area contributed by atoms with Crippen LogP contribution in [0.25, 0.3) is 0 Å². The number of hydrogen-bond donors (Lipinski definition) is 3. The molecule has 0 unspecified atom stereocenters. The average molecular weight is 311 g/mol. The summed E-state index contributed by atoms with van der Waals surface area (Å²) >= 11 is 0. The van der Waals surface area contributed by atoms with Crippen molar-refractivity contribution in [3.63, 3.8) is 0 Å². The molecule has 0 spiro atoms. The topological polar surface area (TPSA) is 101 Å². The number of hydrogen-bond acceptors (Lipinski definition) is 4. The molecule has 0 aliphatic heterocycles. The molecule has 0 atom stereocenters. The molecule has 1 saturated carbocycles. The van der Waals surface area contributed by atoms with Gasteiger partial charge in [-0.1, -0.05) is 0 Å². The molecule has 1 fully saturated rings. The van der Waals surface area contributed by atoms with Crippen LogP contribution in [0.5, 0.6) is 0 Å². The van der Waals surface area contributed by atoms with Crippen LogP contribution in [0.15, 0.2) is 17.0 Å². The maximum Gasteiger partial charge on any atom is 0.240 e. The molecule has 116 valence electrons. The normalized spacial score (nSPS) is 15.0. The van der Waals surface area contributed by atoms with Crippen LogP contribution in [0.2, 0.25) is 0 Å². The third-order valence-electron chi connectivity index (χ3n) is 3.66. The highest BCUT2D eigenvalue weighted by Gasteiger charge is 2.29. The van der Waals surface area contributed by atoms with Gasteiger partial charge in [-0.25, -0.2) is 13.1 Å². The van der Waals surface area contributed by atoms with E-state index in [1.807, 2.05) is 13.8 Å². The third kappa shape index (κ3) is 3.95. The molecule has 1 aliphatic carbocycles. The summed E-state index contributed by atoms with van der Waals surface area (Å²) in [7, 11) is -3.61. The van der Waals surface area contributed by atoms with Gasteiger partial charge in [0.1, 0.15) is 0 Å². The summed E-state index contributed by atoms with van der Waals surface area (Å²) in [5.74, 6) is 0.130. The maximum atomic E-state index is 12.2. The standard InChI is InChI=1S/C14H21N3O3S/c1-9-7-12(8-13(15)10(9)2)21(19,20)17-6-5-16-14(18)11-3-4-11/h7-8,11,17H,3-6,15H2,1-2H3,(H,16,18). The minimum atomic E-state index is -3.61. The van der Waals surface area contributed by atoms with E-state index in [1.54, 1.807) is 6.07 Å². The Kier molecular flexibility index (Phi) is 4.53. The maximum absolute atomic E-state index is 12.2. The molecule has 0 bridgehead atoms. The van der Waals surface area contributed by atoms with Crippen LogP contribution in [0.1, 0.15) is 24.0 Å². The monoisotopic (exact) mass is 311 g/mol. The van der Waals surface area contributed by atoms with E-state index in [1.165, 1.54) is 6.07 Å². The molecule has 1 aromatic carbocycles. The van der Waals surface area contributed by atoms with E-state index >= 15 is 0 Å². The Labute approximate surface area is 125 Å². The number of carbonyl (C=O) groups excluding carboxylic acids is 1. The first-order valence-corrected chi connectivity index (χ1v) is 8.43. The molecular weight excluding hydrogens is 290 g/mol. The zero-order chi connectivity index (χ0) is 15.6. The smallest absolute Gasteiger partial charge is 0.240 e. The largest absolute Gasteiger partial charge is 0.398 e.